The van der Waals surface area contributed by atoms with Crippen LogP contribution in [0.1, 0.15) is 57.8 Å². The van der Waals surface area contributed by atoms with Crippen LogP contribution in [-0.2, 0) is 14.3 Å². The molecule has 1 saturated heterocycles. The standard InChI is InChI=1S/C26H40FN3O4/c1-29(2)10-6-5-9-28-22-19(27)13-17-23-25(22)34-21-12-16-8-4-3-7-15(16)11-20(21)30(23)14-18(24(17)31)26(32)33/h14-17,19-23,25,28H,3-13H2,1-2H3,(H,32,33). The number of aliphatic carboxylic acids is 1. The Morgan fingerprint density at radius 3 is 2.65 bits per heavy atom. The van der Waals surface area contributed by atoms with Gasteiger partial charge in [-0.05, 0) is 71.1 Å². The number of hydrogen-bond acceptors (Lipinski definition) is 6. The summed E-state index contributed by atoms with van der Waals surface area (Å²) in [6.45, 7) is 1.70. The third kappa shape index (κ3) is 4.42. The Hall–Kier alpha value is -1.51. The molecule has 8 heteroatoms. The molecule has 34 heavy (non-hydrogen) atoms. The molecule has 3 saturated carbocycles. The van der Waals surface area contributed by atoms with E-state index in [2.05, 4.69) is 15.1 Å². The molecule has 2 N–H and O–H groups in total. The Morgan fingerprint density at radius 2 is 1.94 bits per heavy atom. The van der Waals surface area contributed by atoms with Crippen LogP contribution in [0, 0.1) is 17.8 Å². The SMILES string of the molecule is CN(C)CCCCNC1C(F)CC2C(=O)C(C(=O)O)=CN3C4CC5CCCCC5CC4OC1C23. The average molecular weight is 478 g/mol. The number of carbonyl (C=O) groups is 2. The van der Waals surface area contributed by atoms with Crippen molar-refractivity contribution < 1.29 is 23.8 Å². The molecular weight excluding hydrogens is 437 g/mol. The average Bonchev–Trinajstić information content (AvgIpc) is 2.80. The van der Waals surface area contributed by atoms with Gasteiger partial charge < -0.3 is 25.0 Å². The van der Waals surface area contributed by atoms with E-state index < -0.39 is 36.0 Å². The number of carboxylic acids is 1. The summed E-state index contributed by atoms with van der Waals surface area (Å²) in [6.07, 6.45) is 8.81. The van der Waals surface area contributed by atoms with Gasteiger partial charge in [-0.25, -0.2) is 9.18 Å². The zero-order valence-corrected chi connectivity index (χ0v) is 20.5. The number of ether oxygens (including phenoxy) is 1. The first-order valence-electron chi connectivity index (χ1n) is 13.3. The lowest BCUT2D eigenvalue weighted by atomic mass is 9.65. The van der Waals surface area contributed by atoms with E-state index in [1.165, 1.54) is 25.7 Å². The molecule has 7 nitrogen and oxygen atoms in total. The molecular formula is C26H40FN3O4. The number of carbonyl (C=O) groups excluding carboxylic acids is 1. The van der Waals surface area contributed by atoms with Crippen molar-refractivity contribution in [3.05, 3.63) is 11.8 Å². The van der Waals surface area contributed by atoms with Crippen LogP contribution in [0.5, 0.6) is 0 Å². The fourth-order valence-electron chi connectivity index (χ4n) is 7.51. The maximum absolute atomic E-state index is 15.6. The van der Waals surface area contributed by atoms with Crippen molar-refractivity contribution in [2.45, 2.75) is 94.3 Å². The van der Waals surface area contributed by atoms with E-state index >= 15 is 4.39 Å². The zero-order chi connectivity index (χ0) is 24.0. The molecule has 9 unspecified atom stereocenters. The summed E-state index contributed by atoms with van der Waals surface area (Å²) in [5.74, 6) is -1.02. The molecule has 0 bridgehead atoms. The highest BCUT2D eigenvalue weighted by molar-refractivity contribution is 6.18. The van der Waals surface area contributed by atoms with Crippen molar-refractivity contribution >= 4 is 11.8 Å². The maximum atomic E-state index is 15.6. The summed E-state index contributed by atoms with van der Waals surface area (Å²) in [6, 6.07) is -0.688. The summed E-state index contributed by atoms with van der Waals surface area (Å²) in [5, 5.41) is 13.2. The number of nitrogens with one attached hydrogen (secondary N) is 1. The highest BCUT2D eigenvalue weighted by Crippen LogP contribution is 2.50. The van der Waals surface area contributed by atoms with Crippen molar-refractivity contribution in [3.8, 4) is 0 Å². The second-order valence-corrected chi connectivity index (χ2v) is 11.5. The van der Waals surface area contributed by atoms with Crippen LogP contribution in [0.3, 0.4) is 0 Å². The summed E-state index contributed by atoms with van der Waals surface area (Å²) in [4.78, 5) is 29.3. The minimum absolute atomic E-state index is 0.0379. The fraction of sp³-hybridized carbons (Fsp3) is 0.846. The number of rotatable bonds is 7. The minimum Gasteiger partial charge on any atom is -0.478 e. The van der Waals surface area contributed by atoms with E-state index in [1.54, 1.807) is 6.20 Å². The van der Waals surface area contributed by atoms with Crippen LogP contribution < -0.4 is 5.32 Å². The fourth-order valence-corrected chi connectivity index (χ4v) is 7.51. The molecule has 190 valence electrons. The highest BCUT2D eigenvalue weighted by atomic mass is 19.1. The van der Waals surface area contributed by atoms with E-state index in [0.29, 0.717) is 18.4 Å². The van der Waals surface area contributed by atoms with Gasteiger partial charge in [0.2, 0.25) is 0 Å². The number of nitrogens with zero attached hydrogens (tertiary/aromatic N) is 2. The van der Waals surface area contributed by atoms with Crippen molar-refractivity contribution in [1.29, 1.82) is 0 Å². The molecule has 0 radical (unpaired) electrons. The van der Waals surface area contributed by atoms with Crippen molar-refractivity contribution in [2.75, 3.05) is 27.2 Å². The number of halogens is 1. The second kappa shape index (κ2) is 9.86. The lowest BCUT2D eigenvalue weighted by Gasteiger charge is -2.60. The van der Waals surface area contributed by atoms with Crippen molar-refractivity contribution in [2.24, 2.45) is 17.8 Å². The summed E-state index contributed by atoms with van der Waals surface area (Å²) >= 11 is 0. The molecule has 3 aliphatic carbocycles. The molecule has 2 aliphatic heterocycles. The van der Waals surface area contributed by atoms with E-state index in [0.717, 1.165) is 32.2 Å². The van der Waals surface area contributed by atoms with Gasteiger partial charge in [-0.3, -0.25) is 4.79 Å². The van der Waals surface area contributed by atoms with Gasteiger partial charge in [-0.2, -0.15) is 0 Å². The first-order chi connectivity index (χ1) is 16.3. The Morgan fingerprint density at radius 1 is 1.21 bits per heavy atom. The van der Waals surface area contributed by atoms with Gasteiger partial charge in [0.25, 0.3) is 0 Å². The topological polar surface area (TPSA) is 82.1 Å². The van der Waals surface area contributed by atoms with Gasteiger partial charge in [0, 0.05) is 12.1 Å². The van der Waals surface area contributed by atoms with Crippen LogP contribution in [-0.4, -0.2) is 90.3 Å². The summed E-state index contributed by atoms with van der Waals surface area (Å²) in [7, 11) is 4.10. The number of ketones is 1. The molecule has 5 rings (SSSR count). The van der Waals surface area contributed by atoms with Crippen LogP contribution in [0.4, 0.5) is 4.39 Å². The van der Waals surface area contributed by atoms with E-state index in [-0.39, 0.29) is 30.2 Å². The lowest BCUT2D eigenvalue weighted by Crippen LogP contribution is -2.73. The maximum Gasteiger partial charge on any atom is 0.340 e. The predicted octanol–water partition coefficient (Wildman–Crippen LogP) is 2.60. The molecule has 0 aromatic heterocycles. The molecule has 5 aliphatic rings. The summed E-state index contributed by atoms with van der Waals surface area (Å²) in [5.41, 5.74) is -0.186. The molecule has 0 amide bonds. The number of unbranched alkanes of at least 4 members (excludes halogenated alkanes) is 1. The van der Waals surface area contributed by atoms with Crippen LogP contribution in [0.2, 0.25) is 0 Å². The Kier molecular flexibility index (Phi) is 7.02. The third-order valence-corrected chi connectivity index (χ3v) is 9.13. The number of carboxylic acid groups (broad SMARTS) is 1. The predicted molar refractivity (Wildman–Crippen MR) is 126 cm³/mol. The Bertz CT molecular complexity index is 820. The van der Waals surface area contributed by atoms with Crippen LogP contribution in [0.15, 0.2) is 11.8 Å². The number of hydrogen-bond donors (Lipinski definition) is 2. The summed E-state index contributed by atoms with van der Waals surface area (Å²) < 4.78 is 22.3. The highest BCUT2D eigenvalue weighted by Gasteiger charge is 2.59. The molecule has 0 aromatic rings. The van der Waals surface area contributed by atoms with Gasteiger partial charge in [-0.15, -0.1) is 0 Å². The molecule has 2 heterocycles. The molecule has 9 atom stereocenters. The van der Waals surface area contributed by atoms with Gasteiger partial charge >= 0.3 is 5.97 Å². The number of morpholine rings is 1. The van der Waals surface area contributed by atoms with Crippen LogP contribution in [0.25, 0.3) is 0 Å². The lowest BCUT2D eigenvalue weighted by molar-refractivity contribution is -0.208. The monoisotopic (exact) mass is 477 g/mol. The minimum atomic E-state index is -1.23. The molecule has 4 fully saturated rings. The number of alkyl halides is 1. The van der Waals surface area contributed by atoms with Gasteiger partial charge in [0.05, 0.1) is 30.3 Å². The largest absolute Gasteiger partial charge is 0.478 e. The quantitative estimate of drug-likeness (QED) is 0.431. The zero-order valence-electron chi connectivity index (χ0n) is 20.5. The number of fused-ring (bicyclic) bond motifs is 3. The number of Topliss-reactive ketones (excluding diaryl/α,β-unsaturated/α-hetero) is 1. The van der Waals surface area contributed by atoms with E-state index in [9.17, 15) is 14.7 Å². The first-order valence-corrected chi connectivity index (χ1v) is 13.3. The van der Waals surface area contributed by atoms with Crippen molar-refractivity contribution in [3.63, 3.8) is 0 Å². The van der Waals surface area contributed by atoms with Crippen molar-refractivity contribution in [1.82, 2.24) is 15.1 Å². The first kappa shape index (κ1) is 24.2. The van der Waals surface area contributed by atoms with E-state index in [1.807, 2.05) is 14.1 Å². The smallest absolute Gasteiger partial charge is 0.340 e. The molecule has 0 spiro atoms. The van der Waals surface area contributed by atoms with Gasteiger partial charge in [-0.1, -0.05) is 25.7 Å². The van der Waals surface area contributed by atoms with Gasteiger partial charge in [0.15, 0.2) is 5.78 Å². The van der Waals surface area contributed by atoms with E-state index in [4.69, 9.17) is 4.74 Å². The Labute approximate surface area is 202 Å². The third-order valence-electron chi connectivity index (χ3n) is 9.13. The molecule has 0 aromatic carbocycles. The second-order valence-electron chi connectivity index (χ2n) is 11.5. The normalized spacial score (nSPS) is 41.4. The Balaban J connectivity index is 1.40. The van der Waals surface area contributed by atoms with Crippen LogP contribution >= 0.6 is 0 Å². The van der Waals surface area contributed by atoms with Gasteiger partial charge in [0.1, 0.15) is 11.7 Å².